The first-order valence-corrected chi connectivity index (χ1v) is 12.2. The Morgan fingerprint density at radius 1 is 1.09 bits per heavy atom. The molecular formula is C23H33ClN8O3. The number of nitrogens with two attached hydrogens (primary N) is 2. The quantitative estimate of drug-likeness (QED) is 0.215. The van der Waals surface area contributed by atoms with E-state index in [1.807, 2.05) is 24.3 Å². The molecule has 3 heterocycles. The highest BCUT2D eigenvalue weighted by atomic mass is 35.5. The highest BCUT2D eigenvalue weighted by Crippen LogP contribution is 2.32. The third-order valence-electron chi connectivity index (χ3n) is 6.22. The van der Waals surface area contributed by atoms with Crippen molar-refractivity contribution in [3.63, 3.8) is 0 Å². The van der Waals surface area contributed by atoms with Crippen molar-refractivity contribution in [2.24, 2.45) is 5.73 Å². The number of aromatic nitrogens is 4. The predicted octanol–water partition coefficient (Wildman–Crippen LogP) is 0.164. The van der Waals surface area contributed by atoms with E-state index in [0.29, 0.717) is 24.3 Å². The fourth-order valence-corrected chi connectivity index (χ4v) is 4.40. The van der Waals surface area contributed by atoms with Crippen molar-refractivity contribution >= 4 is 28.6 Å². The Hall–Kier alpha value is -2.38. The van der Waals surface area contributed by atoms with E-state index < -0.39 is 24.5 Å². The second-order valence-electron chi connectivity index (χ2n) is 8.70. The SMILES string of the molecule is NCCCN(CCNCCc1ccc(Cl)cc1)C[C@H]1O[C@@H](n2cnc3c(N)ncnc32)C(O)[C@@H]1O. The third kappa shape index (κ3) is 6.25. The Kier molecular flexibility index (Phi) is 8.84. The molecule has 0 bridgehead atoms. The average Bonchev–Trinajstić information content (AvgIpc) is 3.40. The third-order valence-corrected chi connectivity index (χ3v) is 6.48. The maximum absolute atomic E-state index is 10.7. The molecule has 0 spiro atoms. The molecule has 4 atom stereocenters. The maximum atomic E-state index is 10.7. The van der Waals surface area contributed by atoms with Crippen molar-refractivity contribution < 1.29 is 14.9 Å². The molecule has 3 aromatic rings. The van der Waals surface area contributed by atoms with Crippen molar-refractivity contribution in [2.75, 3.05) is 45.0 Å². The summed E-state index contributed by atoms with van der Waals surface area (Å²) < 4.78 is 7.69. The van der Waals surface area contributed by atoms with Crippen molar-refractivity contribution in [1.29, 1.82) is 0 Å². The zero-order valence-corrected chi connectivity index (χ0v) is 20.3. The molecule has 0 amide bonds. The Morgan fingerprint density at radius 3 is 2.66 bits per heavy atom. The lowest BCUT2D eigenvalue weighted by atomic mass is 10.1. The fourth-order valence-electron chi connectivity index (χ4n) is 4.28. The van der Waals surface area contributed by atoms with Crippen LogP contribution in [0.25, 0.3) is 11.2 Å². The second-order valence-corrected chi connectivity index (χ2v) is 9.13. The van der Waals surface area contributed by atoms with Gasteiger partial charge in [0.2, 0.25) is 0 Å². The van der Waals surface area contributed by atoms with Gasteiger partial charge in [-0.1, -0.05) is 23.7 Å². The molecule has 0 radical (unpaired) electrons. The van der Waals surface area contributed by atoms with Crippen LogP contribution in [0.15, 0.2) is 36.9 Å². The van der Waals surface area contributed by atoms with Gasteiger partial charge >= 0.3 is 0 Å². The van der Waals surface area contributed by atoms with Gasteiger partial charge in [0.05, 0.1) is 6.33 Å². The predicted molar refractivity (Wildman–Crippen MR) is 134 cm³/mol. The summed E-state index contributed by atoms with van der Waals surface area (Å²) in [4.78, 5) is 14.6. The van der Waals surface area contributed by atoms with Crippen LogP contribution >= 0.6 is 11.6 Å². The van der Waals surface area contributed by atoms with E-state index in [4.69, 9.17) is 27.8 Å². The van der Waals surface area contributed by atoms with Crippen LogP contribution in [0, 0.1) is 0 Å². The highest BCUT2D eigenvalue weighted by Gasteiger charge is 2.44. The number of fused-ring (bicyclic) bond motifs is 1. The summed E-state index contributed by atoms with van der Waals surface area (Å²) in [5.74, 6) is 0.245. The first-order valence-electron chi connectivity index (χ1n) is 11.8. The lowest BCUT2D eigenvalue weighted by Gasteiger charge is -2.26. The standard InChI is InChI=1S/C23H33ClN8O3/c24-16-4-2-15(3-5-16)6-8-27-9-11-31(10-1-7-25)12-17-19(33)20(34)23(35-17)32-14-30-18-21(26)28-13-29-22(18)32/h2-5,13-14,17,19-20,23,27,33-34H,1,6-12,25H2,(H2,26,28,29)/t17-,19-,20?,23-/m1/s1. The van der Waals surface area contributed by atoms with E-state index in [-0.39, 0.29) is 5.82 Å². The Balaban J connectivity index is 1.32. The summed E-state index contributed by atoms with van der Waals surface area (Å²) in [6, 6.07) is 7.85. The van der Waals surface area contributed by atoms with Crippen molar-refractivity contribution in [3.8, 4) is 0 Å². The number of benzene rings is 1. The summed E-state index contributed by atoms with van der Waals surface area (Å²) in [6.45, 7) is 4.16. The highest BCUT2D eigenvalue weighted by molar-refractivity contribution is 6.30. The number of anilines is 1. The molecule has 1 fully saturated rings. The summed E-state index contributed by atoms with van der Waals surface area (Å²) in [7, 11) is 0. The van der Waals surface area contributed by atoms with Crippen LogP contribution in [0.1, 0.15) is 18.2 Å². The molecule has 1 saturated heterocycles. The van der Waals surface area contributed by atoms with Gasteiger partial charge in [0.1, 0.15) is 30.2 Å². The van der Waals surface area contributed by atoms with Gasteiger partial charge in [-0.05, 0) is 50.2 Å². The van der Waals surface area contributed by atoms with Crippen LogP contribution in [-0.2, 0) is 11.2 Å². The fraction of sp³-hybridized carbons (Fsp3) is 0.522. The molecule has 2 aromatic heterocycles. The van der Waals surface area contributed by atoms with Gasteiger partial charge < -0.3 is 31.7 Å². The van der Waals surface area contributed by atoms with Crippen LogP contribution in [0.5, 0.6) is 0 Å². The van der Waals surface area contributed by atoms with Crippen LogP contribution in [0.4, 0.5) is 5.82 Å². The zero-order chi connectivity index (χ0) is 24.8. The molecule has 0 saturated carbocycles. The van der Waals surface area contributed by atoms with Crippen LogP contribution in [0.3, 0.4) is 0 Å². The minimum absolute atomic E-state index is 0.245. The minimum atomic E-state index is -1.14. The average molecular weight is 505 g/mol. The smallest absolute Gasteiger partial charge is 0.167 e. The number of imidazole rings is 1. The van der Waals surface area contributed by atoms with Gasteiger partial charge in [0.25, 0.3) is 0 Å². The molecule has 1 unspecified atom stereocenters. The molecule has 1 aromatic carbocycles. The molecule has 1 aliphatic heterocycles. The number of aliphatic hydroxyl groups excluding tert-OH is 2. The van der Waals surface area contributed by atoms with Gasteiger partial charge in [-0.3, -0.25) is 9.47 Å². The lowest BCUT2D eigenvalue weighted by molar-refractivity contribution is -0.0440. The Morgan fingerprint density at radius 2 is 1.89 bits per heavy atom. The van der Waals surface area contributed by atoms with E-state index in [1.54, 1.807) is 4.57 Å². The van der Waals surface area contributed by atoms with Gasteiger partial charge in [-0.2, -0.15) is 0 Å². The summed E-state index contributed by atoms with van der Waals surface area (Å²) in [6.07, 6.45) is 0.946. The van der Waals surface area contributed by atoms with Crippen molar-refractivity contribution in [2.45, 2.75) is 37.4 Å². The lowest BCUT2D eigenvalue weighted by Crippen LogP contribution is -2.43. The van der Waals surface area contributed by atoms with Gasteiger partial charge in [-0.25, -0.2) is 15.0 Å². The molecule has 0 aliphatic carbocycles. The number of nitrogen functional groups attached to an aromatic ring is 1. The van der Waals surface area contributed by atoms with E-state index in [2.05, 4.69) is 25.2 Å². The Labute approximate surface area is 209 Å². The number of hydrogen-bond acceptors (Lipinski definition) is 10. The number of hydrogen-bond donors (Lipinski definition) is 5. The van der Waals surface area contributed by atoms with Gasteiger partial charge in [-0.15, -0.1) is 0 Å². The Bertz CT molecular complexity index is 1080. The van der Waals surface area contributed by atoms with E-state index in [1.165, 1.54) is 18.2 Å². The molecule has 12 heteroatoms. The molecule has 7 N–H and O–H groups in total. The largest absolute Gasteiger partial charge is 0.387 e. The summed E-state index contributed by atoms with van der Waals surface area (Å²) in [5.41, 5.74) is 13.7. The van der Waals surface area contributed by atoms with Crippen LogP contribution in [-0.4, -0.2) is 92.2 Å². The van der Waals surface area contributed by atoms with E-state index in [0.717, 1.165) is 44.0 Å². The molecule has 190 valence electrons. The number of halogens is 1. The van der Waals surface area contributed by atoms with Crippen molar-refractivity contribution in [1.82, 2.24) is 29.7 Å². The van der Waals surface area contributed by atoms with Gasteiger partial charge in [0.15, 0.2) is 17.7 Å². The normalized spacial score (nSPS) is 22.4. The second kappa shape index (κ2) is 12.0. The molecule has 4 rings (SSSR count). The summed E-state index contributed by atoms with van der Waals surface area (Å²) >= 11 is 5.94. The number of nitrogens with one attached hydrogen (secondary N) is 1. The maximum Gasteiger partial charge on any atom is 0.167 e. The molecular weight excluding hydrogens is 472 g/mol. The van der Waals surface area contributed by atoms with Crippen LogP contribution < -0.4 is 16.8 Å². The first kappa shape index (κ1) is 25.7. The minimum Gasteiger partial charge on any atom is -0.387 e. The van der Waals surface area contributed by atoms with Crippen molar-refractivity contribution in [3.05, 3.63) is 47.5 Å². The summed E-state index contributed by atoms with van der Waals surface area (Å²) in [5, 5.41) is 25.7. The topological polar surface area (TPSA) is 161 Å². The van der Waals surface area contributed by atoms with Gasteiger partial charge in [0, 0.05) is 24.7 Å². The molecule has 35 heavy (non-hydrogen) atoms. The zero-order valence-electron chi connectivity index (χ0n) is 19.5. The van der Waals surface area contributed by atoms with Crippen LogP contribution in [0.2, 0.25) is 5.02 Å². The first-order chi connectivity index (χ1) is 17.0. The molecule has 1 aliphatic rings. The monoisotopic (exact) mass is 504 g/mol. The van der Waals surface area contributed by atoms with E-state index >= 15 is 0 Å². The number of aliphatic hydroxyl groups is 2. The number of ether oxygens (including phenoxy) is 1. The number of nitrogens with zero attached hydrogens (tertiary/aromatic N) is 5. The number of rotatable bonds is 12. The molecule has 11 nitrogen and oxygen atoms in total. The van der Waals surface area contributed by atoms with E-state index in [9.17, 15) is 10.2 Å².